The third-order valence-electron chi connectivity index (χ3n) is 5.57. The van der Waals surface area contributed by atoms with Gasteiger partial charge in [-0.25, -0.2) is 0 Å². The van der Waals surface area contributed by atoms with E-state index in [1.807, 2.05) is 18.2 Å². The summed E-state index contributed by atoms with van der Waals surface area (Å²) in [5, 5.41) is 2.90. The fourth-order valence-electron chi connectivity index (χ4n) is 3.57. The van der Waals surface area contributed by atoms with Crippen LogP contribution in [0.1, 0.15) is 23.6 Å². The highest BCUT2D eigenvalue weighted by molar-refractivity contribution is 7.07. The summed E-state index contributed by atoms with van der Waals surface area (Å²) in [7, 11) is 2.16. The summed E-state index contributed by atoms with van der Waals surface area (Å²) in [6.45, 7) is 8.55. The van der Waals surface area contributed by atoms with Gasteiger partial charge in [0, 0.05) is 23.6 Å². The van der Waals surface area contributed by atoms with Crippen LogP contribution in [0.25, 0.3) is 22.2 Å². The SMILES string of the molecule is CCN(C)CCc1cc(C)c(Oc2nc(-c3cccc4ccccc34)ns2)cc1C. The van der Waals surface area contributed by atoms with Crippen LogP contribution in [0.2, 0.25) is 0 Å². The Morgan fingerprint density at radius 2 is 1.80 bits per heavy atom. The fourth-order valence-corrected chi connectivity index (χ4v) is 4.13. The van der Waals surface area contributed by atoms with Crippen LogP contribution < -0.4 is 4.74 Å². The Morgan fingerprint density at radius 3 is 2.63 bits per heavy atom. The first-order valence-electron chi connectivity index (χ1n) is 10.3. The average Bonchev–Trinajstić information content (AvgIpc) is 3.22. The largest absolute Gasteiger partial charge is 0.430 e. The van der Waals surface area contributed by atoms with Gasteiger partial charge in [-0.1, -0.05) is 55.5 Å². The van der Waals surface area contributed by atoms with Gasteiger partial charge in [-0.3, -0.25) is 0 Å². The van der Waals surface area contributed by atoms with Gasteiger partial charge in [-0.05, 0) is 67.4 Å². The predicted octanol–water partition coefficient (Wildman–Crippen LogP) is 6.26. The molecule has 0 fully saturated rings. The molecule has 1 aromatic heterocycles. The van der Waals surface area contributed by atoms with Crippen molar-refractivity contribution in [2.24, 2.45) is 0 Å². The van der Waals surface area contributed by atoms with Gasteiger partial charge in [0.2, 0.25) is 0 Å². The number of likely N-dealkylation sites (N-methyl/N-ethyl adjacent to an activating group) is 1. The molecule has 4 rings (SSSR count). The number of benzene rings is 3. The normalized spacial score (nSPS) is 11.4. The summed E-state index contributed by atoms with van der Waals surface area (Å²) in [6.07, 6.45) is 1.04. The van der Waals surface area contributed by atoms with Crippen LogP contribution in [0.15, 0.2) is 54.6 Å². The van der Waals surface area contributed by atoms with Crippen LogP contribution in [0.4, 0.5) is 0 Å². The molecule has 0 radical (unpaired) electrons. The van der Waals surface area contributed by atoms with Crippen LogP contribution in [0.3, 0.4) is 0 Å². The number of aryl methyl sites for hydroxylation is 2. The van der Waals surface area contributed by atoms with Gasteiger partial charge in [0.15, 0.2) is 5.82 Å². The standard InChI is InChI=1S/C25H27N3OS/c1-5-28(4)14-13-20-15-18(3)23(16-17(20)2)29-25-26-24(27-30-25)22-12-8-10-19-9-6-7-11-21(19)22/h6-12,15-16H,5,13-14H2,1-4H3. The van der Waals surface area contributed by atoms with Crippen molar-refractivity contribution in [2.75, 3.05) is 20.1 Å². The van der Waals surface area contributed by atoms with E-state index < -0.39 is 0 Å². The monoisotopic (exact) mass is 417 g/mol. The smallest absolute Gasteiger partial charge is 0.299 e. The van der Waals surface area contributed by atoms with Gasteiger partial charge in [0.05, 0.1) is 0 Å². The van der Waals surface area contributed by atoms with Gasteiger partial charge < -0.3 is 9.64 Å². The highest BCUT2D eigenvalue weighted by atomic mass is 32.1. The minimum Gasteiger partial charge on any atom is -0.430 e. The zero-order chi connectivity index (χ0) is 21.1. The predicted molar refractivity (Wildman–Crippen MR) is 126 cm³/mol. The maximum atomic E-state index is 6.14. The van der Waals surface area contributed by atoms with E-state index in [0.717, 1.165) is 41.8 Å². The zero-order valence-electron chi connectivity index (χ0n) is 18.0. The van der Waals surface area contributed by atoms with Crippen LogP contribution >= 0.6 is 11.5 Å². The van der Waals surface area contributed by atoms with E-state index in [1.54, 1.807) is 0 Å². The quantitative estimate of drug-likeness (QED) is 0.356. The second kappa shape index (κ2) is 8.94. The van der Waals surface area contributed by atoms with Crippen molar-refractivity contribution >= 4 is 22.3 Å². The second-order valence-electron chi connectivity index (χ2n) is 7.70. The Bertz CT molecular complexity index is 1160. The lowest BCUT2D eigenvalue weighted by molar-refractivity contribution is 0.357. The van der Waals surface area contributed by atoms with Crippen molar-refractivity contribution in [3.63, 3.8) is 0 Å². The Morgan fingerprint density at radius 1 is 1.00 bits per heavy atom. The zero-order valence-corrected chi connectivity index (χ0v) is 18.8. The highest BCUT2D eigenvalue weighted by Crippen LogP contribution is 2.33. The van der Waals surface area contributed by atoms with Gasteiger partial charge in [0.1, 0.15) is 5.75 Å². The molecular weight excluding hydrogens is 390 g/mol. The molecule has 0 aliphatic heterocycles. The molecule has 0 N–H and O–H groups in total. The molecule has 0 saturated heterocycles. The van der Waals surface area contributed by atoms with Crippen molar-refractivity contribution in [3.8, 4) is 22.3 Å². The first kappa shape index (κ1) is 20.5. The van der Waals surface area contributed by atoms with Crippen molar-refractivity contribution in [1.29, 1.82) is 0 Å². The van der Waals surface area contributed by atoms with Crippen LogP contribution in [-0.4, -0.2) is 34.4 Å². The second-order valence-corrected chi connectivity index (χ2v) is 8.42. The Kier molecular flexibility index (Phi) is 6.11. The molecule has 5 heteroatoms. The Hall–Kier alpha value is -2.76. The third kappa shape index (κ3) is 4.37. The molecule has 0 spiro atoms. The lowest BCUT2D eigenvalue weighted by Gasteiger charge is -2.16. The van der Waals surface area contributed by atoms with Crippen molar-refractivity contribution < 1.29 is 4.74 Å². The van der Waals surface area contributed by atoms with Crippen LogP contribution in [0.5, 0.6) is 10.9 Å². The summed E-state index contributed by atoms with van der Waals surface area (Å²) >= 11 is 1.29. The number of aromatic nitrogens is 2. The summed E-state index contributed by atoms with van der Waals surface area (Å²) in [4.78, 5) is 7.00. The van der Waals surface area contributed by atoms with Gasteiger partial charge in [-0.15, -0.1) is 0 Å². The molecule has 0 unspecified atom stereocenters. The van der Waals surface area contributed by atoms with Gasteiger partial charge in [-0.2, -0.15) is 9.36 Å². The van der Waals surface area contributed by atoms with Crippen molar-refractivity contribution in [3.05, 3.63) is 71.3 Å². The number of ether oxygens (including phenoxy) is 1. The summed E-state index contributed by atoms with van der Waals surface area (Å²) < 4.78 is 10.7. The molecule has 30 heavy (non-hydrogen) atoms. The minimum absolute atomic E-state index is 0.568. The van der Waals surface area contributed by atoms with Crippen LogP contribution in [-0.2, 0) is 6.42 Å². The summed E-state index contributed by atoms with van der Waals surface area (Å²) in [5.74, 6) is 1.56. The van der Waals surface area contributed by atoms with E-state index in [2.05, 4.69) is 78.5 Å². The molecule has 0 saturated carbocycles. The van der Waals surface area contributed by atoms with E-state index in [-0.39, 0.29) is 0 Å². The van der Waals surface area contributed by atoms with Gasteiger partial charge >= 0.3 is 0 Å². The van der Waals surface area contributed by atoms with Crippen molar-refractivity contribution in [2.45, 2.75) is 27.2 Å². The summed E-state index contributed by atoms with van der Waals surface area (Å²) in [5.41, 5.74) is 4.77. The minimum atomic E-state index is 0.568. The Balaban J connectivity index is 1.56. The molecular formula is C25H27N3OS. The van der Waals surface area contributed by atoms with E-state index in [0.29, 0.717) is 11.0 Å². The molecule has 1 heterocycles. The maximum Gasteiger partial charge on any atom is 0.299 e. The van der Waals surface area contributed by atoms with Crippen molar-refractivity contribution in [1.82, 2.24) is 14.3 Å². The lowest BCUT2D eigenvalue weighted by atomic mass is 10.0. The highest BCUT2D eigenvalue weighted by Gasteiger charge is 2.13. The molecule has 0 atom stereocenters. The number of hydrogen-bond donors (Lipinski definition) is 0. The molecule has 0 bridgehead atoms. The average molecular weight is 418 g/mol. The lowest BCUT2D eigenvalue weighted by Crippen LogP contribution is -2.20. The molecule has 0 amide bonds. The first-order valence-corrected chi connectivity index (χ1v) is 11.1. The molecule has 4 nitrogen and oxygen atoms in total. The molecule has 4 aromatic rings. The molecule has 3 aromatic carbocycles. The van der Waals surface area contributed by atoms with E-state index in [9.17, 15) is 0 Å². The van der Waals surface area contributed by atoms with E-state index >= 15 is 0 Å². The fraction of sp³-hybridized carbons (Fsp3) is 0.280. The number of nitrogens with zero attached hydrogens (tertiary/aromatic N) is 3. The molecule has 0 aliphatic rings. The molecule has 0 aliphatic carbocycles. The van der Waals surface area contributed by atoms with Crippen LogP contribution in [0, 0.1) is 13.8 Å². The number of fused-ring (bicyclic) bond motifs is 1. The summed E-state index contributed by atoms with van der Waals surface area (Å²) in [6, 6.07) is 18.9. The first-order chi connectivity index (χ1) is 14.5. The van der Waals surface area contributed by atoms with Gasteiger partial charge in [0.25, 0.3) is 5.19 Å². The molecule has 154 valence electrons. The Labute approximate surface area is 182 Å². The number of rotatable bonds is 7. The topological polar surface area (TPSA) is 38.2 Å². The number of hydrogen-bond acceptors (Lipinski definition) is 5. The maximum absolute atomic E-state index is 6.14. The van der Waals surface area contributed by atoms with E-state index in [1.165, 1.54) is 28.0 Å². The third-order valence-corrected chi connectivity index (χ3v) is 6.17. The van der Waals surface area contributed by atoms with E-state index in [4.69, 9.17) is 4.74 Å².